The highest BCUT2D eigenvalue weighted by Crippen LogP contribution is 2.34. The predicted molar refractivity (Wildman–Crippen MR) is 99.6 cm³/mol. The van der Waals surface area contributed by atoms with Crippen LogP contribution in [-0.4, -0.2) is 48.3 Å². The number of halogens is 2. The summed E-state index contributed by atoms with van der Waals surface area (Å²) in [6.45, 7) is 3.28. The molecule has 0 amide bonds. The van der Waals surface area contributed by atoms with Gasteiger partial charge >= 0.3 is 5.97 Å². The number of ether oxygens (including phenoxy) is 1. The lowest BCUT2D eigenvalue weighted by Crippen LogP contribution is -2.42. The lowest BCUT2D eigenvalue weighted by Gasteiger charge is -2.35. The molecule has 0 bridgehead atoms. The summed E-state index contributed by atoms with van der Waals surface area (Å²) < 4.78 is 6.18. The van der Waals surface area contributed by atoms with Gasteiger partial charge in [0, 0.05) is 19.1 Å². The van der Waals surface area contributed by atoms with Crippen LogP contribution in [0.5, 0.6) is 0 Å². The summed E-state index contributed by atoms with van der Waals surface area (Å²) in [5, 5.41) is 10.3. The standard InChI is InChI=1S/C19H25Cl2NO3/c20-16-5-4-14(11-17(16)21)15-3-1-2-10-25-18(15)12-22-8-6-13(7-9-22)19(23)24/h4-5,11,13,15,18H,1-3,6-10,12H2,(H,23,24)/t15-,18+/m0/s1. The van der Waals surface area contributed by atoms with Gasteiger partial charge in [-0.3, -0.25) is 4.79 Å². The number of aliphatic carboxylic acids is 1. The molecule has 3 rings (SSSR count). The van der Waals surface area contributed by atoms with Crippen molar-refractivity contribution >= 4 is 29.2 Å². The third-order valence-electron chi connectivity index (χ3n) is 5.44. The molecule has 2 aliphatic heterocycles. The number of carbonyl (C=O) groups is 1. The first-order valence-electron chi connectivity index (χ1n) is 9.06. The Bertz CT molecular complexity index is 602. The van der Waals surface area contributed by atoms with Crippen molar-refractivity contribution in [3.05, 3.63) is 33.8 Å². The van der Waals surface area contributed by atoms with Crippen LogP contribution < -0.4 is 0 Å². The quantitative estimate of drug-likeness (QED) is 0.831. The number of rotatable bonds is 4. The van der Waals surface area contributed by atoms with Crippen LogP contribution in [0.2, 0.25) is 10.0 Å². The van der Waals surface area contributed by atoms with Gasteiger partial charge in [-0.15, -0.1) is 0 Å². The molecular weight excluding hydrogens is 361 g/mol. The second-order valence-electron chi connectivity index (χ2n) is 7.10. The summed E-state index contributed by atoms with van der Waals surface area (Å²) in [5.41, 5.74) is 1.18. The Hall–Kier alpha value is -0.810. The van der Waals surface area contributed by atoms with E-state index in [0.717, 1.165) is 58.3 Å². The van der Waals surface area contributed by atoms with E-state index in [9.17, 15) is 4.79 Å². The van der Waals surface area contributed by atoms with Crippen molar-refractivity contribution in [1.29, 1.82) is 0 Å². The van der Waals surface area contributed by atoms with Crippen LogP contribution in [0.4, 0.5) is 0 Å². The van der Waals surface area contributed by atoms with E-state index in [0.29, 0.717) is 16.0 Å². The van der Waals surface area contributed by atoms with Gasteiger partial charge in [0.2, 0.25) is 0 Å². The van der Waals surface area contributed by atoms with Gasteiger partial charge in [0.15, 0.2) is 0 Å². The average Bonchev–Trinajstić information content (AvgIpc) is 2.83. The molecular formula is C19H25Cl2NO3. The number of benzene rings is 1. The van der Waals surface area contributed by atoms with Crippen LogP contribution in [-0.2, 0) is 9.53 Å². The van der Waals surface area contributed by atoms with Crippen molar-refractivity contribution in [3.63, 3.8) is 0 Å². The van der Waals surface area contributed by atoms with Crippen molar-refractivity contribution in [2.75, 3.05) is 26.2 Å². The van der Waals surface area contributed by atoms with E-state index in [4.69, 9.17) is 33.0 Å². The molecule has 1 N–H and O–H groups in total. The Morgan fingerprint density at radius 2 is 1.92 bits per heavy atom. The van der Waals surface area contributed by atoms with Crippen LogP contribution in [0, 0.1) is 5.92 Å². The molecule has 2 saturated heterocycles. The maximum absolute atomic E-state index is 11.1. The van der Waals surface area contributed by atoms with Crippen LogP contribution >= 0.6 is 23.2 Å². The van der Waals surface area contributed by atoms with Crippen molar-refractivity contribution < 1.29 is 14.6 Å². The average molecular weight is 386 g/mol. The summed E-state index contributed by atoms with van der Waals surface area (Å²) in [6.07, 6.45) is 4.85. The fraction of sp³-hybridized carbons (Fsp3) is 0.632. The molecule has 0 unspecified atom stereocenters. The predicted octanol–water partition coefficient (Wildman–Crippen LogP) is 4.44. The monoisotopic (exact) mass is 385 g/mol. The summed E-state index contributed by atoms with van der Waals surface area (Å²) in [5.74, 6) is -0.564. The third kappa shape index (κ3) is 4.88. The summed E-state index contributed by atoms with van der Waals surface area (Å²) in [4.78, 5) is 13.5. The molecule has 2 fully saturated rings. The Morgan fingerprint density at radius 3 is 2.60 bits per heavy atom. The molecule has 138 valence electrons. The molecule has 0 spiro atoms. The number of hydrogen-bond donors (Lipinski definition) is 1. The highest BCUT2D eigenvalue weighted by atomic mass is 35.5. The lowest BCUT2D eigenvalue weighted by atomic mass is 9.88. The van der Waals surface area contributed by atoms with Crippen LogP contribution in [0.25, 0.3) is 0 Å². The van der Waals surface area contributed by atoms with Crippen molar-refractivity contribution in [1.82, 2.24) is 4.90 Å². The zero-order chi connectivity index (χ0) is 17.8. The van der Waals surface area contributed by atoms with E-state index in [1.165, 1.54) is 5.56 Å². The van der Waals surface area contributed by atoms with Crippen molar-refractivity contribution in [2.24, 2.45) is 5.92 Å². The normalized spacial score (nSPS) is 26.3. The minimum atomic E-state index is -0.668. The molecule has 0 radical (unpaired) electrons. The molecule has 2 heterocycles. The van der Waals surface area contributed by atoms with Gasteiger partial charge in [-0.25, -0.2) is 0 Å². The SMILES string of the molecule is O=C(O)C1CCN(C[C@H]2OCCCC[C@H]2c2ccc(Cl)c(Cl)c2)CC1. The minimum absolute atomic E-state index is 0.112. The highest BCUT2D eigenvalue weighted by Gasteiger charge is 2.31. The lowest BCUT2D eigenvalue weighted by molar-refractivity contribution is -0.143. The second-order valence-corrected chi connectivity index (χ2v) is 7.91. The van der Waals surface area contributed by atoms with Crippen LogP contribution in [0.15, 0.2) is 18.2 Å². The van der Waals surface area contributed by atoms with Crippen molar-refractivity contribution in [2.45, 2.75) is 44.1 Å². The number of hydrogen-bond acceptors (Lipinski definition) is 3. The number of piperidine rings is 1. The van der Waals surface area contributed by atoms with E-state index >= 15 is 0 Å². The molecule has 25 heavy (non-hydrogen) atoms. The molecule has 4 nitrogen and oxygen atoms in total. The van der Waals surface area contributed by atoms with Crippen molar-refractivity contribution in [3.8, 4) is 0 Å². The third-order valence-corrected chi connectivity index (χ3v) is 6.18. The van der Waals surface area contributed by atoms with Crippen LogP contribution in [0.3, 0.4) is 0 Å². The Labute approximate surface area is 159 Å². The van der Waals surface area contributed by atoms with E-state index < -0.39 is 5.97 Å². The zero-order valence-electron chi connectivity index (χ0n) is 14.3. The first kappa shape index (κ1) is 19.0. The van der Waals surface area contributed by atoms with Gasteiger partial charge in [0.25, 0.3) is 0 Å². The Morgan fingerprint density at radius 1 is 1.16 bits per heavy atom. The first-order valence-corrected chi connectivity index (χ1v) is 9.82. The van der Waals surface area contributed by atoms with E-state index in [1.807, 2.05) is 12.1 Å². The molecule has 0 saturated carbocycles. The molecule has 1 aromatic carbocycles. The maximum Gasteiger partial charge on any atom is 0.306 e. The number of carboxylic acid groups (broad SMARTS) is 1. The number of nitrogens with zero attached hydrogens (tertiary/aromatic N) is 1. The molecule has 2 atom stereocenters. The summed E-state index contributed by atoms with van der Waals surface area (Å²) in [6, 6.07) is 5.88. The van der Waals surface area contributed by atoms with Gasteiger partial charge in [-0.05, 0) is 56.5 Å². The molecule has 1 aromatic rings. The molecule has 6 heteroatoms. The Balaban J connectivity index is 1.68. The number of likely N-dealkylation sites (tertiary alicyclic amines) is 1. The Kier molecular flexibility index (Phi) is 6.61. The largest absolute Gasteiger partial charge is 0.481 e. The topological polar surface area (TPSA) is 49.8 Å². The first-order chi connectivity index (χ1) is 12.0. The van der Waals surface area contributed by atoms with Gasteiger partial charge in [-0.2, -0.15) is 0 Å². The van der Waals surface area contributed by atoms with Gasteiger partial charge < -0.3 is 14.7 Å². The fourth-order valence-electron chi connectivity index (χ4n) is 3.92. The highest BCUT2D eigenvalue weighted by molar-refractivity contribution is 6.42. The van der Waals surface area contributed by atoms with Gasteiger partial charge in [0.1, 0.15) is 0 Å². The maximum atomic E-state index is 11.1. The molecule has 2 aliphatic rings. The molecule has 0 aliphatic carbocycles. The smallest absolute Gasteiger partial charge is 0.306 e. The second kappa shape index (κ2) is 8.72. The van der Waals surface area contributed by atoms with E-state index in [-0.39, 0.29) is 12.0 Å². The number of carboxylic acids is 1. The van der Waals surface area contributed by atoms with Gasteiger partial charge in [-0.1, -0.05) is 35.7 Å². The fourth-order valence-corrected chi connectivity index (χ4v) is 4.23. The summed E-state index contributed by atoms with van der Waals surface area (Å²) in [7, 11) is 0. The van der Waals surface area contributed by atoms with E-state index in [2.05, 4.69) is 11.0 Å². The summed E-state index contributed by atoms with van der Waals surface area (Å²) >= 11 is 12.3. The van der Waals surface area contributed by atoms with Crippen LogP contribution in [0.1, 0.15) is 43.6 Å². The zero-order valence-corrected chi connectivity index (χ0v) is 15.8. The van der Waals surface area contributed by atoms with E-state index in [1.54, 1.807) is 0 Å². The minimum Gasteiger partial charge on any atom is -0.481 e. The van der Waals surface area contributed by atoms with Gasteiger partial charge in [0.05, 0.1) is 22.1 Å². The molecule has 0 aromatic heterocycles.